The second kappa shape index (κ2) is 7.05. The van der Waals surface area contributed by atoms with E-state index in [4.69, 9.17) is 5.26 Å². The van der Waals surface area contributed by atoms with E-state index >= 15 is 0 Å². The molecule has 0 aliphatic carbocycles. The second-order valence-corrected chi connectivity index (χ2v) is 4.96. The van der Waals surface area contributed by atoms with Gasteiger partial charge in [0.1, 0.15) is 0 Å². The Labute approximate surface area is 106 Å². The number of nitriles is 1. The normalized spacial score (nSPS) is 10.2. The summed E-state index contributed by atoms with van der Waals surface area (Å²) in [6.45, 7) is 3.66. The van der Waals surface area contributed by atoms with Gasteiger partial charge in [0.05, 0.1) is 19.0 Å². The highest BCUT2D eigenvalue weighted by Gasteiger charge is 2.08. The number of rotatable bonds is 6. The van der Waals surface area contributed by atoms with Gasteiger partial charge in [-0.3, -0.25) is 9.69 Å². The summed E-state index contributed by atoms with van der Waals surface area (Å²) >= 11 is 1.71. The molecule has 0 fully saturated rings. The van der Waals surface area contributed by atoms with Crippen LogP contribution in [0.1, 0.15) is 16.9 Å². The van der Waals surface area contributed by atoms with Crippen molar-refractivity contribution in [2.75, 3.05) is 20.1 Å². The molecule has 1 aromatic heterocycles. The zero-order valence-corrected chi connectivity index (χ0v) is 11.0. The standard InChI is InChI=1S/C12H17N3OS/c1-10-4-7-17-11(10)8-15(2)9-12(16)14-6-3-5-13/h4,7H,3,6,8-9H2,1-2H3,(H,14,16). The molecule has 0 unspecified atom stereocenters. The number of carbonyl (C=O) groups is 1. The summed E-state index contributed by atoms with van der Waals surface area (Å²) in [5, 5.41) is 13.1. The Hall–Kier alpha value is -1.38. The smallest absolute Gasteiger partial charge is 0.234 e. The van der Waals surface area contributed by atoms with Crippen molar-refractivity contribution in [1.29, 1.82) is 5.26 Å². The molecule has 0 aromatic carbocycles. The lowest BCUT2D eigenvalue weighted by atomic mass is 10.3. The summed E-state index contributed by atoms with van der Waals surface area (Å²) in [7, 11) is 1.92. The second-order valence-electron chi connectivity index (χ2n) is 3.96. The van der Waals surface area contributed by atoms with Crippen molar-refractivity contribution in [2.24, 2.45) is 0 Å². The van der Waals surface area contributed by atoms with Crippen LogP contribution in [0.5, 0.6) is 0 Å². The molecule has 0 spiro atoms. The number of carbonyl (C=O) groups excluding carboxylic acids is 1. The Morgan fingerprint density at radius 3 is 3.00 bits per heavy atom. The van der Waals surface area contributed by atoms with Crippen molar-refractivity contribution < 1.29 is 4.79 Å². The molecule has 1 N–H and O–H groups in total. The molecule has 0 bridgehead atoms. The van der Waals surface area contributed by atoms with Crippen LogP contribution in [0, 0.1) is 18.3 Å². The molecule has 1 rings (SSSR count). The molecular formula is C12H17N3OS. The summed E-state index contributed by atoms with van der Waals surface area (Å²) in [5.74, 6) is -0.0306. The lowest BCUT2D eigenvalue weighted by Crippen LogP contribution is -2.35. The van der Waals surface area contributed by atoms with Gasteiger partial charge in [0.25, 0.3) is 0 Å². The molecular weight excluding hydrogens is 234 g/mol. The van der Waals surface area contributed by atoms with Crippen molar-refractivity contribution in [3.05, 3.63) is 21.9 Å². The average molecular weight is 251 g/mol. The highest BCUT2D eigenvalue weighted by molar-refractivity contribution is 7.10. The van der Waals surface area contributed by atoms with Crippen LogP contribution in [0.4, 0.5) is 0 Å². The largest absolute Gasteiger partial charge is 0.354 e. The van der Waals surface area contributed by atoms with E-state index in [1.165, 1.54) is 10.4 Å². The number of aryl methyl sites for hydroxylation is 1. The Morgan fingerprint density at radius 2 is 2.41 bits per heavy atom. The average Bonchev–Trinajstić information content (AvgIpc) is 2.64. The van der Waals surface area contributed by atoms with Gasteiger partial charge in [0.15, 0.2) is 0 Å². The van der Waals surface area contributed by atoms with E-state index in [2.05, 4.69) is 23.7 Å². The van der Waals surface area contributed by atoms with Crippen LogP contribution in [0.25, 0.3) is 0 Å². The molecule has 0 aliphatic rings. The first-order chi connectivity index (χ1) is 8.13. The zero-order valence-electron chi connectivity index (χ0n) is 10.2. The predicted molar refractivity (Wildman–Crippen MR) is 68.6 cm³/mol. The molecule has 1 heterocycles. The van der Waals surface area contributed by atoms with Crippen LogP contribution < -0.4 is 5.32 Å². The molecule has 0 aliphatic heterocycles. The number of nitrogens with one attached hydrogen (secondary N) is 1. The van der Waals surface area contributed by atoms with E-state index < -0.39 is 0 Å². The zero-order chi connectivity index (χ0) is 12.7. The third-order valence-electron chi connectivity index (χ3n) is 2.35. The fourth-order valence-corrected chi connectivity index (χ4v) is 2.41. The molecule has 92 valence electrons. The number of hydrogen-bond donors (Lipinski definition) is 1. The van der Waals surface area contributed by atoms with Crippen LogP contribution in [0.15, 0.2) is 11.4 Å². The number of amides is 1. The van der Waals surface area contributed by atoms with Gasteiger partial charge in [-0.15, -0.1) is 11.3 Å². The highest BCUT2D eigenvalue weighted by atomic mass is 32.1. The van der Waals surface area contributed by atoms with Gasteiger partial charge >= 0.3 is 0 Å². The van der Waals surface area contributed by atoms with Gasteiger partial charge in [-0.1, -0.05) is 0 Å². The summed E-state index contributed by atoms with van der Waals surface area (Å²) in [6.07, 6.45) is 0.361. The summed E-state index contributed by atoms with van der Waals surface area (Å²) in [6, 6.07) is 4.08. The fourth-order valence-electron chi connectivity index (χ4n) is 1.43. The van der Waals surface area contributed by atoms with Crippen LogP contribution in [-0.4, -0.2) is 30.9 Å². The maximum Gasteiger partial charge on any atom is 0.234 e. The maximum absolute atomic E-state index is 11.5. The summed E-state index contributed by atoms with van der Waals surface area (Å²) in [4.78, 5) is 14.7. The van der Waals surface area contributed by atoms with Gasteiger partial charge in [0, 0.05) is 18.0 Å². The Bertz CT molecular complexity index is 408. The van der Waals surface area contributed by atoms with Crippen LogP contribution >= 0.6 is 11.3 Å². The Kier molecular flexibility index (Phi) is 5.67. The molecule has 1 amide bonds. The first kappa shape index (κ1) is 13.7. The minimum atomic E-state index is -0.0306. The number of nitrogens with zero attached hydrogens (tertiary/aromatic N) is 2. The number of thiophene rings is 1. The van der Waals surface area contributed by atoms with E-state index in [9.17, 15) is 4.79 Å². The van der Waals surface area contributed by atoms with E-state index in [0.717, 1.165) is 6.54 Å². The lowest BCUT2D eigenvalue weighted by molar-refractivity contribution is -0.122. The van der Waals surface area contributed by atoms with Gasteiger partial charge < -0.3 is 5.32 Å². The Morgan fingerprint density at radius 1 is 1.65 bits per heavy atom. The molecule has 5 heteroatoms. The van der Waals surface area contributed by atoms with Crippen molar-refractivity contribution in [2.45, 2.75) is 19.9 Å². The first-order valence-corrected chi connectivity index (χ1v) is 6.36. The monoisotopic (exact) mass is 251 g/mol. The highest BCUT2D eigenvalue weighted by Crippen LogP contribution is 2.16. The third-order valence-corrected chi connectivity index (χ3v) is 3.36. The molecule has 0 saturated heterocycles. The summed E-state index contributed by atoms with van der Waals surface area (Å²) in [5.41, 5.74) is 1.27. The minimum Gasteiger partial charge on any atom is -0.354 e. The van der Waals surface area contributed by atoms with E-state index in [1.807, 2.05) is 18.0 Å². The van der Waals surface area contributed by atoms with E-state index in [-0.39, 0.29) is 5.91 Å². The quantitative estimate of drug-likeness (QED) is 0.780. The van der Waals surface area contributed by atoms with Crippen molar-refractivity contribution in [3.63, 3.8) is 0 Å². The first-order valence-electron chi connectivity index (χ1n) is 5.48. The van der Waals surface area contributed by atoms with Crippen LogP contribution in [0.2, 0.25) is 0 Å². The molecule has 17 heavy (non-hydrogen) atoms. The van der Waals surface area contributed by atoms with Crippen LogP contribution in [0.3, 0.4) is 0 Å². The van der Waals surface area contributed by atoms with Gasteiger partial charge in [-0.05, 0) is 31.0 Å². The molecule has 4 nitrogen and oxygen atoms in total. The van der Waals surface area contributed by atoms with Crippen LogP contribution in [-0.2, 0) is 11.3 Å². The minimum absolute atomic E-state index is 0.0306. The predicted octanol–water partition coefficient (Wildman–Crippen LogP) is 1.52. The van der Waals surface area contributed by atoms with E-state index in [0.29, 0.717) is 19.5 Å². The summed E-state index contributed by atoms with van der Waals surface area (Å²) < 4.78 is 0. The number of hydrogen-bond acceptors (Lipinski definition) is 4. The van der Waals surface area contributed by atoms with Gasteiger partial charge in [0.2, 0.25) is 5.91 Å². The van der Waals surface area contributed by atoms with Crippen molar-refractivity contribution in [3.8, 4) is 6.07 Å². The van der Waals surface area contributed by atoms with Crippen molar-refractivity contribution in [1.82, 2.24) is 10.2 Å². The third kappa shape index (κ3) is 4.98. The topological polar surface area (TPSA) is 56.1 Å². The van der Waals surface area contributed by atoms with Gasteiger partial charge in [-0.25, -0.2) is 0 Å². The molecule has 0 atom stereocenters. The fraction of sp³-hybridized carbons (Fsp3) is 0.500. The molecule has 0 radical (unpaired) electrons. The Balaban J connectivity index is 2.30. The lowest BCUT2D eigenvalue weighted by Gasteiger charge is -2.15. The van der Waals surface area contributed by atoms with Gasteiger partial charge in [-0.2, -0.15) is 5.26 Å². The molecule has 1 aromatic rings. The maximum atomic E-state index is 11.5. The SMILES string of the molecule is Cc1ccsc1CN(C)CC(=O)NCCC#N. The van der Waals surface area contributed by atoms with E-state index in [1.54, 1.807) is 11.3 Å². The van der Waals surface area contributed by atoms with Crippen molar-refractivity contribution >= 4 is 17.2 Å². The molecule has 0 saturated carbocycles. The number of likely N-dealkylation sites (N-methyl/N-ethyl adjacent to an activating group) is 1.